The number of aromatic nitrogens is 4. The van der Waals surface area contributed by atoms with Crippen LogP contribution in [0.3, 0.4) is 0 Å². The Balaban J connectivity index is 1.72. The largest absolute Gasteiger partial charge is 0.465 e. The molecule has 2 heterocycles. The molecule has 0 bridgehead atoms. The molecule has 0 unspecified atom stereocenters. The number of nitrogens with zero attached hydrogens (tertiary/aromatic N) is 4. The number of methoxy groups -OCH3 is 1. The Morgan fingerprint density at radius 2 is 2.00 bits per heavy atom. The van der Waals surface area contributed by atoms with Gasteiger partial charge >= 0.3 is 5.97 Å². The molecule has 0 fully saturated rings. The summed E-state index contributed by atoms with van der Waals surface area (Å²) in [5, 5.41) is 12.0. The van der Waals surface area contributed by atoms with E-state index in [1.165, 1.54) is 13.3 Å². The topological polar surface area (TPSA) is 91.0 Å². The van der Waals surface area contributed by atoms with Crippen molar-refractivity contribution < 1.29 is 14.3 Å². The van der Waals surface area contributed by atoms with Crippen LogP contribution in [0.2, 0.25) is 5.02 Å². The van der Waals surface area contributed by atoms with Crippen molar-refractivity contribution in [1.82, 2.24) is 19.6 Å². The Bertz CT molecular complexity index is 1040. The molecular formula is C20H22ClN5O3. The average molecular weight is 416 g/mol. The van der Waals surface area contributed by atoms with Crippen molar-refractivity contribution in [2.45, 2.75) is 33.4 Å². The zero-order valence-electron chi connectivity index (χ0n) is 16.5. The van der Waals surface area contributed by atoms with E-state index in [4.69, 9.17) is 16.3 Å². The van der Waals surface area contributed by atoms with E-state index in [1.807, 2.05) is 26.0 Å². The van der Waals surface area contributed by atoms with E-state index in [0.717, 1.165) is 11.3 Å². The van der Waals surface area contributed by atoms with Gasteiger partial charge in [0.1, 0.15) is 0 Å². The van der Waals surface area contributed by atoms with E-state index in [1.54, 1.807) is 27.7 Å². The highest BCUT2D eigenvalue weighted by molar-refractivity contribution is 6.30. The van der Waals surface area contributed by atoms with Crippen LogP contribution in [-0.4, -0.2) is 38.5 Å². The summed E-state index contributed by atoms with van der Waals surface area (Å²) in [5.41, 5.74) is 3.46. The number of rotatable bonds is 7. The lowest BCUT2D eigenvalue weighted by atomic mass is 10.1. The van der Waals surface area contributed by atoms with E-state index >= 15 is 0 Å². The third kappa shape index (κ3) is 4.83. The second-order valence-corrected chi connectivity index (χ2v) is 7.01. The zero-order chi connectivity index (χ0) is 21.0. The summed E-state index contributed by atoms with van der Waals surface area (Å²) in [6, 6.07) is 7.22. The molecule has 0 aliphatic carbocycles. The Hall–Kier alpha value is -3.13. The van der Waals surface area contributed by atoms with Gasteiger partial charge in [-0.15, -0.1) is 0 Å². The summed E-state index contributed by atoms with van der Waals surface area (Å²) in [5.74, 6) is -0.535. The van der Waals surface area contributed by atoms with Crippen LogP contribution in [-0.2, 0) is 22.6 Å². The molecule has 0 spiro atoms. The number of carbonyl (C=O) groups is 2. The van der Waals surface area contributed by atoms with Crippen molar-refractivity contribution in [1.29, 1.82) is 0 Å². The molecule has 1 N–H and O–H groups in total. The quantitative estimate of drug-likeness (QED) is 0.598. The minimum absolute atomic E-state index is 0.141. The lowest BCUT2D eigenvalue weighted by Gasteiger charge is -2.10. The standard InChI is InChI=1S/C20H22ClN5O3/c1-13-19(23-18(27)8-9-25-12-16(21)10-22-25)14(2)26(24-13)11-15-6-4-5-7-17(15)20(28)29-3/h4-7,10,12H,8-9,11H2,1-3H3,(H,23,27). The van der Waals surface area contributed by atoms with Crippen LogP contribution < -0.4 is 5.32 Å². The predicted molar refractivity (Wildman–Crippen MR) is 109 cm³/mol. The number of nitrogens with one attached hydrogen (secondary N) is 1. The van der Waals surface area contributed by atoms with Gasteiger partial charge in [-0.05, 0) is 25.5 Å². The highest BCUT2D eigenvalue weighted by Gasteiger charge is 2.17. The van der Waals surface area contributed by atoms with Gasteiger partial charge in [0, 0.05) is 19.2 Å². The van der Waals surface area contributed by atoms with Crippen molar-refractivity contribution >= 4 is 29.2 Å². The lowest BCUT2D eigenvalue weighted by Crippen LogP contribution is -2.16. The van der Waals surface area contributed by atoms with Crippen molar-refractivity contribution in [2.75, 3.05) is 12.4 Å². The minimum Gasteiger partial charge on any atom is -0.465 e. The first-order valence-corrected chi connectivity index (χ1v) is 9.45. The minimum atomic E-state index is -0.394. The first-order chi connectivity index (χ1) is 13.9. The normalized spacial score (nSPS) is 10.8. The van der Waals surface area contributed by atoms with Crippen LogP contribution in [0.15, 0.2) is 36.7 Å². The molecule has 0 aliphatic rings. The third-order valence-corrected chi connectivity index (χ3v) is 4.75. The molecular weight excluding hydrogens is 394 g/mol. The third-order valence-electron chi connectivity index (χ3n) is 4.56. The van der Waals surface area contributed by atoms with Gasteiger partial charge in [-0.25, -0.2) is 4.79 Å². The first-order valence-electron chi connectivity index (χ1n) is 9.07. The Kier molecular flexibility index (Phi) is 6.33. The molecule has 0 radical (unpaired) electrons. The van der Waals surface area contributed by atoms with Crippen LogP contribution in [0.1, 0.15) is 33.7 Å². The van der Waals surface area contributed by atoms with Gasteiger partial charge in [0.15, 0.2) is 0 Å². The summed E-state index contributed by atoms with van der Waals surface area (Å²) in [6.45, 7) is 4.53. The molecule has 3 aromatic rings. The van der Waals surface area contributed by atoms with Crippen molar-refractivity contribution in [3.05, 3.63) is 64.2 Å². The fourth-order valence-corrected chi connectivity index (χ4v) is 3.20. The van der Waals surface area contributed by atoms with Gasteiger partial charge in [-0.2, -0.15) is 10.2 Å². The van der Waals surface area contributed by atoms with Gasteiger partial charge in [0.25, 0.3) is 0 Å². The van der Waals surface area contributed by atoms with Gasteiger partial charge in [-0.3, -0.25) is 14.2 Å². The number of hydrogen-bond donors (Lipinski definition) is 1. The van der Waals surface area contributed by atoms with E-state index < -0.39 is 5.97 Å². The summed E-state index contributed by atoms with van der Waals surface area (Å²) in [4.78, 5) is 24.4. The number of carbonyl (C=O) groups excluding carboxylic acids is 2. The maximum atomic E-state index is 12.4. The van der Waals surface area contributed by atoms with Crippen LogP contribution in [0, 0.1) is 13.8 Å². The Labute approximate surface area is 173 Å². The molecule has 29 heavy (non-hydrogen) atoms. The molecule has 3 rings (SSSR count). The summed E-state index contributed by atoms with van der Waals surface area (Å²) < 4.78 is 8.23. The number of esters is 1. The molecule has 152 valence electrons. The first kappa shape index (κ1) is 20.6. The molecule has 0 saturated heterocycles. The number of halogens is 1. The van der Waals surface area contributed by atoms with E-state index in [-0.39, 0.29) is 12.3 Å². The van der Waals surface area contributed by atoms with Crippen molar-refractivity contribution in [2.24, 2.45) is 0 Å². The fourth-order valence-electron chi connectivity index (χ4n) is 3.04. The smallest absolute Gasteiger partial charge is 0.338 e. The molecule has 0 aliphatic heterocycles. The molecule has 0 atom stereocenters. The summed E-state index contributed by atoms with van der Waals surface area (Å²) in [7, 11) is 1.35. The van der Waals surface area contributed by atoms with Gasteiger partial charge in [0.05, 0.1) is 47.5 Å². The van der Waals surface area contributed by atoms with E-state index in [2.05, 4.69) is 15.5 Å². The Morgan fingerprint density at radius 3 is 2.69 bits per heavy atom. The molecule has 0 saturated carbocycles. The number of hydrogen-bond acceptors (Lipinski definition) is 5. The molecule has 2 aromatic heterocycles. The van der Waals surface area contributed by atoms with Crippen LogP contribution in [0.4, 0.5) is 5.69 Å². The second-order valence-electron chi connectivity index (χ2n) is 6.57. The highest BCUT2D eigenvalue weighted by Crippen LogP contribution is 2.22. The lowest BCUT2D eigenvalue weighted by molar-refractivity contribution is -0.116. The van der Waals surface area contributed by atoms with Crippen LogP contribution in [0.5, 0.6) is 0 Å². The van der Waals surface area contributed by atoms with Crippen LogP contribution in [0.25, 0.3) is 0 Å². The maximum absolute atomic E-state index is 12.4. The SMILES string of the molecule is COC(=O)c1ccccc1Cn1nc(C)c(NC(=O)CCn2cc(Cl)cn2)c1C. The van der Waals surface area contributed by atoms with E-state index in [0.29, 0.717) is 35.1 Å². The van der Waals surface area contributed by atoms with E-state index in [9.17, 15) is 9.59 Å². The van der Waals surface area contributed by atoms with Gasteiger partial charge in [0.2, 0.25) is 5.91 Å². The molecule has 8 nitrogen and oxygen atoms in total. The number of ether oxygens (including phenoxy) is 1. The van der Waals surface area contributed by atoms with Crippen molar-refractivity contribution in [3.63, 3.8) is 0 Å². The summed E-state index contributed by atoms with van der Waals surface area (Å²) >= 11 is 5.83. The molecule has 1 aromatic carbocycles. The number of aryl methyl sites for hydroxylation is 2. The van der Waals surface area contributed by atoms with Gasteiger partial charge in [-0.1, -0.05) is 29.8 Å². The molecule has 1 amide bonds. The maximum Gasteiger partial charge on any atom is 0.338 e. The highest BCUT2D eigenvalue weighted by atomic mass is 35.5. The van der Waals surface area contributed by atoms with Crippen LogP contribution >= 0.6 is 11.6 Å². The number of amides is 1. The monoisotopic (exact) mass is 415 g/mol. The average Bonchev–Trinajstić information content (AvgIpc) is 3.24. The zero-order valence-corrected chi connectivity index (χ0v) is 17.2. The predicted octanol–water partition coefficient (Wildman–Crippen LogP) is 3.21. The number of anilines is 1. The Morgan fingerprint density at radius 1 is 1.24 bits per heavy atom. The fraction of sp³-hybridized carbons (Fsp3) is 0.300. The van der Waals surface area contributed by atoms with Gasteiger partial charge < -0.3 is 10.1 Å². The summed E-state index contributed by atoms with van der Waals surface area (Å²) in [6.07, 6.45) is 3.46. The number of benzene rings is 1. The second kappa shape index (κ2) is 8.91. The molecule has 9 heteroatoms. The van der Waals surface area contributed by atoms with Crippen molar-refractivity contribution in [3.8, 4) is 0 Å².